The molecule has 32 N–H and O–H groups in total. The summed E-state index contributed by atoms with van der Waals surface area (Å²) in [5.41, 5.74) is 0. The van der Waals surface area contributed by atoms with Crippen molar-refractivity contribution >= 4 is 10.4 Å². The van der Waals surface area contributed by atoms with E-state index in [1.807, 2.05) is 0 Å². The molecule has 0 rings (SSSR count). The molecule has 0 aromatic heterocycles. The summed E-state index contributed by atoms with van der Waals surface area (Å²) in [4.78, 5) is 8.25. The second-order valence-electron chi connectivity index (χ2n) is 0.632. The molecule has 0 bridgehead atoms. The van der Waals surface area contributed by atoms with Crippen molar-refractivity contribution in [3.63, 3.8) is 0 Å². The van der Waals surface area contributed by atoms with E-state index in [1.54, 1.807) is 0 Å². The van der Waals surface area contributed by atoms with Gasteiger partial charge in [0, 0.05) is 10.4 Å². The standard InChI is InChI=1S/2Fe.NO3.H2O4S.16H2O/c;;2-1(3)4;1-5(2,3)4;;;;;;;;;;;;;;;;/h;;;(H2,1,2,3,4);16*1H2/q+2;+3;-1;;;;;;;;;;;;;;;;;/p-2. The Balaban J connectivity index is -0.00000000121. The van der Waals surface area contributed by atoms with E-state index in [9.17, 15) is 0 Å². The van der Waals surface area contributed by atoms with Crippen LogP contribution in [-0.2, 0) is 44.5 Å². The van der Waals surface area contributed by atoms with Crippen molar-refractivity contribution in [2.75, 3.05) is 0 Å². The largest absolute Gasteiger partial charge is 3.00 e. The Hall–Kier alpha value is -0.531. The zero-order valence-electron chi connectivity index (χ0n) is 12.4. The molecule has 27 heavy (non-hydrogen) atoms. The third kappa shape index (κ3) is 49700. The van der Waals surface area contributed by atoms with Gasteiger partial charge in [-0.25, -0.2) is 0 Å². The van der Waals surface area contributed by atoms with Gasteiger partial charge in [-0.15, -0.1) is 0 Å². The van der Waals surface area contributed by atoms with Gasteiger partial charge in [0.05, 0.1) is 5.09 Å². The average molecular weight is 558 g/mol. The molecule has 0 aromatic rings. The van der Waals surface area contributed by atoms with E-state index in [0.717, 1.165) is 0 Å². The number of hydrogen-bond acceptors (Lipinski definition) is 7. The third-order valence-corrected chi connectivity index (χ3v) is 0. The minimum Gasteiger partial charge on any atom is -0.759 e. The van der Waals surface area contributed by atoms with Crippen molar-refractivity contribution in [3.8, 4) is 0 Å². The summed E-state index contributed by atoms with van der Waals surface area (Å²) in [7, 11) is -5.17. The minimum atomic E-state index is -5.17. The molecule has 0 aromatic carbocycles. The first-order chi connectivity index (χ1) is 3.73. The van der Waals surface area contributed by atoms with Gasteiger partial charge in [-0.2, -0.15) is 0 Å². The number of hydrogen-bond donors (Lipinski definition) is 0. The maximum atomic E-state index is 8.52. The Morgan fingerprint density at radius 2 is 0.481 bits per heavy atom. The van der Waals surface area contributed by atoms with Gasteiger partial charge in [0.1, 0.15) is 0 Å². The van der Waals surface area contributed by atoms with Crippen LogP contribution in [-0.4, -0.2) is 110 Å². The molecule has 0 fully saturated rings. The van der Waals surface area contributed by atoms with E-state index in [-0.39, 0.29) is 122 Å². The zero-order valence-corrected chi connectivity index (χ0v) is 15.4. The van der Waals surface area contributed by atoms with Crippen molar-refractivity contribution in [1.29, 1.82) is 0 Å². The molecule has 24 nitrogen and oxygen atoms in total. The summed E-state index contributed by atoms with van der Waals surface area (Å²) < 4.78 is 34.1. The number of rotatable bonds is 0. The van der Waals surface area contributed by atoms with Crippen LogP contribution >= 0.6 is 0 Å². The molecule has 0 saturated carbocycles. The minimum absolute atomic E-state index is 0. The second kappa shape index (κ2) is 213. The molecule has 0 atom stereocenters. The van der Waals surface area contributed by atoms with E-state index < -0.39 is 15.5 Å². The predicted octanol–water partition coefficient (Wildman–Crippen LogP) is -14.8. The summed E-state index contributed by atoms with van der Waals surface area (Å²) in [6, 6.07) is 0. The Kier molecular flexibility index (Phi) is 3230. The topological polar surface area (TPSA) is 650 Å². The molecule has 1 radical (unpaired) electrons. The fourth-order valence-corrected chi connectivity index (χ4v) is 0. The van der Waals surface area contributed by atoms with Crippen molar-refractivity contribution in [2.45, 2.75) is 0 Å². The molecule has 0 amide bonds. The van der Waals surface area contributed by atoms with Crippen LogP contribution in [0.25, 0.3) is 0 Å². The molecule has 0 heterocycles. The van der Waals surface area contributed by atoms with Gasteiger partial charge in [-0.05, 0) is 0 Å². The van der Waals surface area contributed by atoms with E-state index in [1.165, 1.54) is 0 Å². The summed E-state index contributed by atoms with van der Waals surface area (Å²) in [6.45, 7) is 0. The normalized spacial score (nSPS) is 3.04. The van der Waals surface area contributed by atoms with Crippen molar-refractivity contribution < 1.29 is 144 Å². The second-order valence-corrected chi connectivity index (χ2v) is 1.45. The molecule has 0 aliphatic rings. The third-order valence-electron chi connectivity index (χ3n) is 0. The monoisotopic (exact) mass is 558 g/mol. The molecule has 0 spiro atoms. The van der Waals surface area contributed by atoms with Crippen LogP contribution < -0.4 is 0 Å². The predicted molar refractivity (Wildman–Crippen MR) is 78.7 cm³/mol. The summed E-state index contributed by atoms with van der Waals surface area (Å²) in [6.07, 6.45) is 0. The van der Waals surface area contributed by atoms with Crippen LogP contribution in [0.2, 0.25) is 0 Å². The van der Waals surface area contributed by atoms with Crippen LogP contribution in [0.1, 0.15) is 0 Å². The zero-order chi connectivity index (χ0) is 8.08. The van der Waals surface area contributed by atoms with E-state index in [4.69, 9.17) is 32.8 Å². The van der Waals surface area contributed by atoms with Gasteiger partial charge in [0.25, 0.3) is 0 Å². The molecule has 0 unspecified atom stereocenters. The summed E-state index contributed by atoms with van der Waals surface area (Å²) in [5.74, 6) is 0. The summed E-state index contributed by atoms with van der Waals surface area (Å²) in [5, 5.41) is 14.8. The quantitative estimate of drug-likeness (QED) is 0.0907. The maximum absolute atomic E-state index is 8.52. The fourth-order valence-electron chi connectivity index (χ4n) is 0. The molecule has 195 valence electrons. The Bertz CT molecular complexity index is 165. The van der Waals surface area contributed by atoms with Crippen LogP contribution in [0.4, 0.5) is 0 Å². The smallest absolute Gasteiger partial charge is 0.759 e. The van der Waals surface area contributed by atoms with E-state index in [0.29, 0.717) is 0 Å². The Morgan fingerprint density at radius 3 is 0.481 bits per heavy atom. The van der Waals surface area contributed by atoms with E-state index in [2.05, 4.69) is 0 Å². The molecular weight excluding hydrogens is 526 g/mol. The van der Waals surface area contributed by atoms with Gasteiger partial charge in [-0.1, -0.05) is 0 Å². The fraction of sp³-hybridized carbons (Fsp3) is 0. The first kappa shape index (κ1) is 410. The van der Waals surface area contributed by atoms with Crippen LogP contribution in [0.3, 0.4) is 0 Å². The SMILES string of the molecule is O.O.O.O.O.O.O.O.O.O.O.O.O.O.O.O.O=S(=O)([O-])[O-].O=[N+]([O-])[O-].[Fe+2].[Fe+3]. The van der Waals surface area contributed by atoms with Crippen molar-refractivity contribution in [1.82, 2.24) is 0 Å². The van der Waals surface area contributed by atoms with Crippen molar-refractivity contribution in [3.05, 3.63) is 15.3 Å². The average Bonchev–Trinajstić information content (AvgIpc) is 1.19. The first-order valence-electron chi connectivity index (χ1n) is 1.21. The van der Waals surface area contributed by atoms with Gasteiger partial charge >= 0.3 is 34.1 Å². The summed E-state index contributed by atoms with van der Waals surface area (Å²) >= 11 is 0. The molecule has 27 heteroatoms. The number of nitrogens with zero attached hydrogens (tertiary/aromatic N) is 1. The van der Waals surface area contributed by atoms with Crippen LogP contribution in [0, 0.1) is 15.3 Å². The Morgan fingerprint density at radius 1 is 0.481 bits per heavy atom. The van der Waals surface area contributed by atoms with Crippen LogP contribution in [0.5, 0.6) is 0 Å². The maximum Gasteiger partial charge on any atom is 3.00 e. The van der Waals surface area contributed by atoms with Gasteiger partial charge in [0.15, 0.2) is 0 Å². The van der Waals surface area contributed by atoms with Gasteiger partial charge in [-0.3, -0.25) is 8.42 Å². The molecule has 0 saturated heterocycles. The van der Waals surface area contributed by atoms with E-state index >= 15 is 0 Å². The molecule has 0 aliphatic carbocycles. The molecule has 0 aliphatic heterocycles. The molecular formula is H32Fe2NO23S+2. The van der Waals surface area contributed by atoms with Crippen molar-refractivity contribution in [2.24, 2.45) is 0 Å². The van der Waals surface area contributed by atoms with Crippen LogP contribution in [0.15, 0.2) is 0 Å². The Labute approximate surface area is 170 Å². The van der Waals surface area contributed by atoms with Gasteiger partial charge in [0.2, 0.25) is 0 Å². The van der Waals surface area contributed by atoms with Gasteiger partial charge < -0.3 is 112 Å². The first-order valence-corrected chi connectivity index (χ1v) is 2.55.